The summed E-state index contributed by atoms with van der Waals surface area (Å²) >= 11 is 0. The van der Waals surface area contributed by atoms with Crippen LogP contribution in [-0.2, 0) is 0 Å². The van der Waals surface area contributed by atoms with Crippen molar-refractivity contribution in [1.82, 2.24) is 10.2 Å². The Morgan fingerprint density at radius 2 is 2.24 bits per heavy atom. The Labute approximate surface area is 106 Å². The van der Waals surface area contributed by atoms with E-state index >= 15 is 0 Å². The fourth-order valence-corrected chi connectivity index (χ4v) is 2.92. The standard InChI is InChI=1S/C14H27N3/c1-4-5-10-17(3)11-8-13-7-6-9-14(13,12-15)16-2/h13,16H,4-11H2,1-3H3. The van der Waals surface area contributed by atoms with Crippen molar-refractivity contribution in [3.63, 3.8) is 0 Å². The lowest BCUT2D eigenvalue weighted by Gasteiger charge is -2.29. The zero-order valence-corrected chi connectivity index (χ0v) is 11.6. The van der Waals surface area contributed by atoms with Crippen LogP contribution in [0.5, 0.6) is 0 Å². The maximum absolute atomic E-state index is 9.37. The Hall–Kier alpha value is -0.590. The Bertz CT molecular complexity index is 259. The Balaban J connectivity index is 2.38. The van der Waals surface area contributed by atoms with Gasteiger partial charge in [-0.15, -0.1) is 0 Å². The largest absolute Gasteiger partial charge is 0.306 e. The van der Waals surface area contributed by atoms with E-state index in [1.807, 2.05) is 7.05 Å². The molecule has 17 heavy (non-hydrogen) atoms. The number of hydrogen-bond donors (Lipinski definition) is 1. The van der Waals surface area contributed by atoms with Crippen LogP contribution in [0, 0.1) is 17.2 Å². The average Bonchev–Trinajstić information content (AvgIpc) is 2.77. The number of nitrogens with one attached hydrogen (secondary N) is 1. The van der Waals surface area contributed by atoms with E-state index in [2.05, 4.69) is 30.3 Å². The van der Waals surface area contributed by atoms with E-state index in [-0.39, 0.29) is 5.54 Å². The predicted octanol–water partition coefficient (Wildman–Crippen LogP) is 2.39. The second-order valence-corrected chi connectivity index (χ2v) is 5.37. The van der Waals surface area contributed by atoms with Gasteiger partial charge in [-0.3, -0.25) is 0 Å². The van der Waals surface area contributed by atoms with Gasteiger partial charge in [-0.1, -0.05) is 19.8 Å². The summed E-state index contributed by atoms with van der Waals surface area (Å²) in [6.07, 6.45) is 7.09. The van der Waals surface area contributed by atoms with Crippen molar-refractivity contribution in [2.24, 2.45) is 5.92 Å². The van der Waals surface area contributed by atoms with E-state index < -0.39 is 0 Å². The van der Waals surface area contributed by atoms with Crippen molar-refractivity contribution in [3.8, 4) is 6.07 Å². The van der Waals surface area contributed by atoms with Crippen molar-refractivity contribution >= 4 is 0 Å². The molecule has 3 heteroatoms. The van der Waals surface area contributed by atoms with Crippen LogP contribution >= 0.6 is 0 Å². The van der Waals surface area contributed by atoms with E-state index in [9.17, 15) is 5.26 Å². The van der Waals surface area contributed by atoms with Crippen molar-refractivity contribution in [2.75, 3.05) is 27.2 Å². The summed E-state index contributed by atoms with van der Waals surface area (Å²) in [5, 5.41) is 12.6. The van der Waals surface area contributed by atoms with Crippen molar-refractivity contribution in [1.29, 1.82) is 5.26 Å². The molecule has 3 nitrogen and oxygen atoms in total. The minimum Gasteiger partial charge on any atom is -0.306 e. The number of unbranched alkanes of at least 4 members (excludes halogenated alkanes) is 1. The number of hydrogen-bond acceptors (Lipinski definition) is 3. The summed E-state index contributed by atoms with van der Waals surface area (Å²) < 4.78 is 0. The first-order valence-corrected chi connectivity index (χ1v) is 6.97. The second-order valence-electron chi connectivity index (χ2n) is 5.37. The van der Waals surface area contributed by atoms with Gasteiger partial charge in [-0.2, -0.15) is 5.26 Å². The quantitative estimate of drug-likeness (QED) is 0.739. The van der Waals surface area contributed by atoms with Crippen molar-refractivity contribution < 1.29 is 0 Å². The van der Waals surface area contributed by atoms with E-state index in [0.717, 1.165) is 19.4 Å². The minimum atomic E-state index is -0.244. The molecule has 2 atom stereocenters. The molecule has 0 saturated heterocycles. The van der Waals surface area contributed by atoms with Crippen LogP contribution in [0.25, 0.3) is 0 Å². The van der Waals surface area contributed by atoms with Crippen LogP contribution in [0.3, 0.4) is 0 Å². The van der Waals surface area contributed by atoms with Crippen molar-refractivity contribution in [2.45, 2.75) is 51.0 Å². The first kappa shape index (κ1) is 14.5. The third kappa shape index (κ3) is 3.69. The maximum atomic E-state index is 9.37. The zero-order chi connectivity index (χ0) is 12.7. The van der Waals surface area contributed by atoms with Crippen LogP contribution in [-0.4, -0.2) is 37.6 Å². The smallest absolute Gasteiger partial charge is 0.109 e. The highest BCUT2D eigenvalue weighted by Crippen LogP contribution is 2.37. The first-order chi connectivity index (χ1) is 8.18. The van der Waals surface area contributed by atoms with E-state index in [0.29, 0.717) is 5.92 Å². The normalized spacial score (nSPS) is 28.5. The molecule has 2 unspecified atom stereocenters. The summed E-state index contributed by atoms with van der Waals surface area (Å²) in [5.74, 6) is 0.529. The highest BCUT2D eigenvalue weighted by Gasteiger charge is 2.41. The third-order valence-corrected chi connectivity index (χ3v) is 4.22. The van der Waals surface area contributed by atoms with Gasteiger partial charge < -0.3 is 10.2 Å². The fraction of sp³-hybridized carbons (Fsp3) is 0.929. The lowest BCUT2D eigenvalue weighted by molar-refractivity contribution is 0.255. The minimum absolute atomic E-state index is 0.244. The van der Waals surface area contributed by atoms with Gasteiger partial charge in [0.15, 0.2) is 0 Å². The average molecular weight is 237 g/mol. The third-order valence-electron chi connectivity index (χ3n) is 4.22. The maximum Gasteiger partial charge on any atom is 0.109 e. The molecule has 0 aromatic heterocycles. The molecule has 1 saturated carbocycles. The Kier molecular flexibility index (Phi) is 5.94. The van der Waals surface area contributed by atoms with Gasteiger partial charge in [-0.05, 0) is 58.8 Å². The highest BCUT2D eigenvalue weighted by molar-refractivity contribution is 5.13. The highest BCUT2D eigenvalue weighted by atomic mass is 15.1. The molecule has 1 aliphatic carbocycles. The first-order valence-electron chi connectivity index (χ1n) is 6.97. The SMILES string of the molecule is CCCCN(C)CCC1CCCC1(C#N)NC. The second kappa shape index (κ2) is 6.98. The molecule has 0 radical (unpaired) electrons. The lowest BCUT2D eigenvalue weighted by Crippen LogP contribution is -2.45. The van der Waals surface area contributed by atoms with Crippen LogP contribution in [0.2, 0.25) is 0 Å². The Morgan fingerprint density at radius 3 is 2.82 bits per heavy atom. The fourth-order valence-electron chi connectivity index (χ4n) is 2.92. The summed E-state index contributed by atoms with van der Waals surface area (Å²) in [4.78, 5) is 2.40. The predicted molar refractivity (Wildman–Crippen MR) is 71.8 cm³/mol. The molecule has 1 fully saturated rings. The van der Waals surface area contributed by atoms with E-state index in [4.69, 9.17) is 0 Å². The summed E-state index contributed by atoms with van der Waals surface area (Å²) in [7, 11) is 4.13. The molecule has 0 aromatic carbocycles. The van der Waals surface area contributed by atoms with Crippen LogP contribution in [0.1, 0.15) is 45.4 Å². The summed E-state index contributed by atoms with van der Waals surface area (Å²) in [6, 6.07) is 2.51. The number of nitriles is 1. The molecular formula is C14H27N3. The van der Waals surface area contributed by atoms with E-state index in [1.165, 1.54) is 32.2 Å². The molecule has 1 rings (SSSR count). The molecule has 1 aliphatic rings. The molecule has 0 aliphatic heterocycles. The van der Waals surface area contributed by atoms with Gasteiger partial charge >= 0.3 is 0 Å². The van der Waals surface area contributed by atoms with Crippen molar-refractivity contribution in [3.05, 3.63) is 0 Å². The topological polar surface area (TPSA) is 39.1 Å². The molecule has 0 amide bonds. The molecule has 0 heterocycles. The molecule has 98 valence electrons. The van der Waals surface area contributed by atoms with Gasteiger partial charge in [0.05, 0.1) is 6.07 Å². The molecule has 1 N–H and O–H groups in total. The summed E-state index contributed by atoms with van der Waals surface area (Å²) in [5.41, 5.74) is -0.244. The van der Waals surface area contributed by atoms with Gasteiger partial charge in [0.1, 0.15) is 5.54 Å². The van der Waals surface area contributed by atoms with Gasteiger partial charge in [-0.25, -0.2) is 0 Å². The zero-order valence-electron chi connectivity index (χ0n) is 11.6. The summed E-state index contributed by atoms with van der Waals surface area (Å²) in [6.45, 7) is 4.53. The van der Waals surface area contributed by atoms with Gasteiger partial charge in [0.2, 0.25) is 0 Å². The van der Waals surface area contributed by atoms with E-state index in [1.54, 1.807) is 0 Å². The van der Waals surface area contributed by atoms with Gasteiger partial charge in [0, 0.05) is 0 Å². The molecular weight excluding hydrogens is 210 g/mol. The van der Waals surface area contributed by atoms with Crippen LogP contribution in [0.4, 0.5) is 0 Å². The van der Waals surface area contributed by atoms with Crippen LogP contribution < -0.4 is 5.32 Å². The monoisotopic (exact) mass is 237 g/mol. The Morgan fingerprint density at radius 1 is 1.47 bits per heavy atom. The lowest BCUT2D eigenvalue weighted by atomic mass is 9.86. The van der Waals surface area contributed by atoms with Crippen LogP contribution in [0.15, 0.2) is 0 Å². The molecule has 0 bridgehead atoms. The number of nitrogens with zero attached hydrogens (tertiary/aromatic N) is 2. The molecule has 0 aromatic rings. The van der Waals surface area contributed by atoms with Gasteiger partial charge in [0.25, 0.3) is 0 Å². The number of rotatable bonds is 7. The molecule has 0 spiro atoms.